The largest absolute Gasteiger partial charge is 0.503 e. The zero-order chi connectivity index (χ0) is 18.7. The lowest BCUT2D eigenvalue weighted by atomic mass is 10.2. The summed E-state index contributed by atoms with van der Waals surface area (Å²) >= 11 is 7.96. The van der Waals surface area contributed by atoms with Gasteiger partial charge in [0.15, 0.2) is 16.7 Å². The van der Waals surface area contributed by atoms with Gasteiger partial charge in [0.05, 0.1) is 21.7 Å². The molecule has 0 spiro atoms. The van der Waals surface area contributed by atoms with Gasteiger partial charge in [-0.15, -0.1) is 0 Å². The van der Waals surface area contributed by atoms with Crippen LogP contribution in [-0.2, 0) is 4.79 Å². The van der Waals surface area contributed by atoms with Crippen LogP contribution in [0.25, 0.3) is 6.08 Å². The van der Waals surface area contributed by atoms with Gasteiger partial charge in [-0.1, -0.05) is 22.0 Å². The van der Waals surface area contributed by atoms with Crippen LogP contribution in [0.2, 0.25) is 0 Å². The number of amides is 1. The molecule has 2 N–H and O–H groups in total. The Morgan fingerprint density at radius 3 is 2.85 bits per heavy atom. The second-order valence-electron chi connectivity index (χ2n) is 5.24. The number of amidine groups is 1. The minimum Gasteiger partial charge on any atom is -0.503 e. The Morgan fingerprint density at radius 1 is 1.31 bits per heavy atom. The van der Waals surface area contributed by atoms with Crippen LogP contribution in [0, 0.1) is 0 Å². The maximum Gasteiger partial charge on any atom is 0.264 e. The molecular formula is C18H14Br2N2O3S. The molecule has 0 unspecified atom stereocenters. The maximum atomic E-state index is 12.2. The van der Waals surface area contributed by atoms with Gasteiger partial charge in [-0.2, -0.15) is 0 Å². The van der Waals surface area contributed by atoms with Gasteiger partial charge in [-0.05, 0) is 76.6 Å². The van der Waals surface area contributed by atoms with Gasteiger partial charge in [0.1, 0.15) is 0 Å². The number of rotatable bonds is 4. The number of thioether (sulfide) groups is 1. The van der Waals surface area contributed by atoms with Gasteiger partial charge >= 0.3 is 0 Å². The van der Waals surface area contributed by atoms with E-state index in [1.165, 1.54) is 11.8 Å². The van der Waals surface area contributed by atoms with E-state index in [0.29, 0.717) is 26.9 Å². The maximum absolute atomic E-state index is 12.2. The van der Waals surface area contributed by atoms with Gasteiger partial charge in [0, 0.05) is 4.47 Å². The monoisotopic (exact) mass is 496 g/mol. The average Bonchev–Trinajstić information content (AvgIpc) is 2.91. The number of ether oxygens (including phenoxy) is 1. The third kappa shape index (κ3) is 4.49. The van der Waals surface area contributed by atoms with E-state index in [2.05, 4.69) is 42.2 Å². The molecule has 134 valence electrons. The van der Waals surface area contributed by atoms with E-state index in [0.717, 1.165) is 15.7 Å². The molecule has 5 nitrogen and oxygen atoms in total. The fourth-order valence-electron chi connectivity index (χ4n) is 2.24. The number of carbonyl (C=O) groups excluding carboxylic acids is 1. The second kappa shape index (κ2) is 8.28. The predicted octanol–water partition coefficient (Wildman–Crippen LogP) is 5.21. The Bertz CT molecular complexity index is 929. The minimum atomic E-state index is -0.217. The van der Waals surface area contributed by atoms with Crippen molar-refractivity contribution < 1.29 is 14.6 Å². The Balaban J connectivity index is 1.87. The first-order valence-electron chi connectivity index (χ1n) is 7.66. The Hall–Kier alpha value is -1.77. The molecule has 0 atom stereocenters. The Morgan fingerprint density at radius 2 is 2.12 bits per heavy atom. The van der Waals surface area contributed by atoms with Crippen molar-refractivity contribution >= 4 is 66.5 Å². The van der Waals surface area contributed by atoms with E-state index < -0.39 is 0 Å². The summed E-state index contributed by atoms with van der Waals surface area (Å²) in [6.45, 7) is 2.27. The topological polar surface area (TPSA) is 70.9 Å². The van der Waals surface area contributed by atoms with Crippen molar-refractivity contribution in [2.24, 2.45) is 4.99 Å². The summed E-state index contributed by atoms with van der Waals surface area (Å²) in [5.41, 5.74) is 1.48. The molecular weight excluding hydrogens is 484 g/mol. The molecule has 1 heterocycles. The van der Waals surface area contributed by atoms with Gasteiger partial charge in [0.2, 0.25) is 0 Å². The molecule has 0 aromatic heterocycles. The SMILES string of the molecule is CCOc1cc(/C=C2\SC(=Nc3cccc(Br)c3)NC2=O)cc(Br)c1O. The summed E-state index contributed by atoms with van der Waals surface area (Å²) in [4.78, 5) is 17.2. The van der Waals surface area contributed by atoms with Crippen molar-refractivity contribution in [1.29, 1.82) is 0 Å². The molecule has 1 aliphatic rings. The van der Waals surface area contributed by atoms with E-state index in [1.54, 1.807) is 18.2 Å². The van der Waals surface area contributed by atoms with Crippen molar-refractivity contribution in [3.8, 4) is 11.5 Å². The average molecular weight is 498 g/mol. The number of aliphatic imine (C=N–C) groups is 1. The quantitative estimate of drug-likeness (QED) is 0.569. The fourth-order valence-corrected chi connectivity index (χ4v) is 3.93. The predicted molar refractivity (Wildman–Crippen MR) is 112 cm³/mol. The molecule has 1 aliphatic heterocycles. The minimum absolute atomic E-state index is 0.0365. The highest BCUT2D eigenvalue weighted by Gasteiger charge is 2.24. The first kappa shape index (κ1) is 19.0. The van der Waals surface area contributed by atoms with Gasteiger partial charge < -0.3 is 15.2 Å². The first-order valence-corrected chi connectivity index (χ1v) is 10.1. The van der Waals surface area contributed by atoms with Crippen LogP contribution in [0.4, 0.5) is 5.69 Å². The number of nitrogens with zero attached hydrogens (tertiary/aromatic N) is 1. The molecule has 3 rings (SSSR count). The number of carbonyl (C=O) groups is 1. The molecule has 1 fully saturated rings. The molecule has 2 aromatic carbocycles. The third-order valence-corrected chi connectivity index (χ3v) is 5.35. The highest BCUT2D eigenvalue weighted by atomic mass is 79.9. The molecule has 0 radical (unpaired) electrons. The Kier molecular flexibility index (Phi) is 6.05. The first-order chi connectivity index (χ1) is 12.5. The highest BCUT2D eigenvalue weighted by molar-refractivity contribution is 9.10. The number of benzene rings is 2. The van der Waals surface area contributed by atoms with Crippen molar-refractivity contribution in [2.45, 2.75) is 6.92 Å². The molecule has 0 saturated carbocycles. The lowest BCUT2D eigenvalue weighted by molar-refractivity contribution is -0.115. The number of hydrogen-bond acceptors (Lipinski definition) is 5. The number of aromatic hydroxyl groups is 1. The molecule has 1 amide bonds. The van der Waals surface area contributed by atoms with E-state index in [9.17, 15) is 9.90 Å². The van der Waals surface area contributed by atoms with Crippen molar-refractivity contribution in [3.05, 3.63) is 55.8 Å². The molecule has 0 bridgehead atoms. The van der Waals surface area contributed by atoms with Gasteiger partial charge in [-0.3, -0.25) is 4.79 Å². The number of phenols is 1. The summed E-state index contributed by atoms with van der Waals surface area (Å²) in [5, 5.41) is 13.3. The standard InChI is InChI=1S/C18H14Br2N2O3S/c1-2-25-14-7-10(6-13(20)16(14)23)8-15-17(24)22-18(26-15)21-12-5-3-4-11(19)9-12/h3-9,23H,2H2,1H3,(H,21,22,24)/b15-8-. The zero-order valence-electron chi connectivity index (χ0n) is 13.6. The van der Waals surface area contributed by atoms with Crippen LogP contribution in [-0.4, -0.2) is 22.8 Å². The number of halogens is 2. The number of hydrogen-bond donors (Lipinski definition) is 2. The molecule has 1 saturated heterocycles. The third-order valence-electron chi connectivity index (χ3n) is 3.34. The highest BCUT2D eigenvalue weighted by Crippen LogP contribution is 2.37. The van der Waals surface area contributed by atoms with Crippen molar-refractivity contribution in [3.63, 3.8) is 0 Å². The van der Waals surface area contributed by atoms with Crippen LogP contribution < -0.4 is 10.1 Å². The number of nitrogens with one attached hydrogen (secondary N) is 1. The van der Waals surface area contributed by atoms with Crippen LogP contribution in [0.3, 0.4) is 0 Å². The van der Waals surface area contributed by atoms with Crippen LogP contribution >= 0.6 is 43.6 Å². The molecule has 26 heavy (non-hydrogen) atoms. The summed E-state index contributed by atoms with van der Waals surface area (Å²) in [6.07, 6.45) is 1.73. The van der Waals surface area contributed by atoms with Crippen LogP contribution in [0.15, 0.2) is 55.2 Å². The van der Waals surface area contributed by atoms with E-state index in [-0.39, 0.29) is 11.7 Å². The normalized spacial score (nSPS) is 17.0. The van der Waals surface area contributed by atoms with E-state index >= 15 is 0 Å². The smallest absolute Gasteiger partial charge is 0.264 e. The summed E-state index contributed by atoms with van der Waals surface area (Å²) in [5.74, 6) is 0.181. The number of phenolic OH excluding ortho intramolecular Hbond substituents is 1. The van der Waals surface area contributed by atoms with Crippen molar-refractivity contribution in [2.75, 3.05) is 6.61 Å². The lowest BCUT2D eigenvalue weighted by Gasteiger charge is -2.08. The zero-order valence-corrected chi connectivity index (χ0v) is 17.6. The van der Waals surface area contributed by atoms with Crippen LogP contribution in [0.1, 0.15) is 12.5 Å². The van der Waals surface area contributed by atoms with Crippen LogP contribution in [0.5, 0.6) is 11.5 Å². The van der Waals surface area contributed by atoms with E-state index in [1.807, 2.05) is 31.2 Å². The molecule has 2 aromatic rings. The lowest BCUT2D eigenvalue weighted by Crippen LogP contribution is -2.19. The Labute approximate surface area is 171 Å². The molecule has 0 aliphatic carbocycles. The molecule has 8 heteroatoms. The van der Waals surface area contributed by atoms with E-state index in [4.69, 9.17) is 4.74 Å². The summed E-state index contributed by atoms with van der Waals surface area (Å²) < 4.78 is 6.84. The second-order valence-corrected chi connectivity index (χ2v) is 8.04. The fraction of sp³-hybridized carbons (Fsp3) is 0.111. The summed E-state index contributed by atoms with van der Waals surface area (Å²) in [7, 11) is 0. The summed E-state index contributed by atoms with van der Waals surface area (Å²) in [6, 6.07) is 10.9. The van der Waals surface area contributed by atoms with Gasteiger partial charge in [0.25, 0.3) is 5.91 Å². The van der Waals surface area contributed by atoms with Gasteiger partial charge in [-0.25, -0.2) is 4.99 Å². The van der Waals surface area contributed by atoms with Crippen molar-refractivity contribution in [1.82, 2.24) is 5.32 Å².